The largest absolute Gasteiger partial charge is 0.457 e. The molecule has 0 saturated heterocycles. The standard InChI is InChI=1S/C24H22N4O2S/c1-17-8-12-21(13-9-17)30-22-14-10-19(11-15-22)25-23(29)16-31-24-27-26-18(2)28(24)20-6-4-3-5-7-20/h3-15H,16H2,1-2H3,(H,25,29). The molecule has 0 fully saturated rings. The van der Waals surface area contributed by atoms with Crippen LogP contribution in [0.25, 0.3) is 5.69 Å². The van der Waals surface area contributed by atoms with Gasteiger partial charge >= 0.3 is 0 Å². The minimum atomic E-state index is -0.113. The van der Waals surface area contributed by atoms with E-state index in [2.05, 4.69) is 15.5 Å². The molecule has 1 aromatic heterocycles. The van der Waals surface area contributed by atoms with E-state index < -0.39 is 0 Å². The molecule has 4 aromatic rings. The Bertz CT molecular complexity index is 1160. The zero-order valence-corrected chi connectivity index (χ0v) is 18.1. The number of aromatic nitrogens is 3. The van der Waals surface area contributed by atoms with Crippen LogP contribution in [0.15, 0.2) is 84.0 Å². The number of anilines is 1. The monoisotopic (exact) mass is 430 g/mol. The lowest BCUT2D eigenvalue weighted by atomic mass is 10.2. The van der Waals surface area contributed by atoms with Gasteiger partial charge in [-0.2, -0.15) is 0 Å². The highest BCUT2D eigenvalue weighted by atomic mass is 32.2. The molecule has 31 heavy (non-hydrogen) atoms. The lowest BCUT2D eigenvalue weighted by molar-refractivity contribution is -0.113. The van der Waals surface area contributed by atoms with Gasteiger partial charge in [-0.3, -0.25) is 9.36 Å². The molecule has 4 rings (SSSR count). The highest BCUT2D eigenvalue weighted by Crippen LogP contribution is 2.24. The Morgan fingerprint density at radius 3 is 2.23 bits per heavy atom. The van der Waals surface area contributed by atoms with Gasteiger partial charge in [-0.05, 0) is 62.4 Å². The van der Waals surface area contributed by atoms with E-state index >= 15 is 0 Å². The predicted octanol–water partition coefficient (Wildman–Crippen LogP) is 5.41. The number of hydrogen-bond acceptors (Lipinski definition) is 5. The van der Waals surface area contributed by atoms with Crippen LogP contribution in [0.5, 0.6) is 11.5 Å². The van der Waals surface area contributed by atoms with Crippen LogP contribution < -0.4 is 10.1 Å². The van der Waals surface area contributed by atoms with E-state index in [4.69, 9.17) is 4.74 Å². The molecule has 0 aliphatic heterocycles. The van der Waals surface area contributed by atoms with Crippen molar-refractivity contribution in [3.05, 3.63) is 90.3 Å². The number of nitrogens with zero attached hydrogens (tertiary/aromatic N) is 3. The first-order valence-electron chi connectivity index (χ1n) is 9.83. The molecule has 1 heterocycles. The highest BCUT2D eigenvalue weighted by molar-refractivity contribution is 7.99. The average molecular weight is 431 g/mol. The zero-order valence-electron chi connectivity index (χ0n) is 17.3. The van der Waals surface area contributed by atoms with Crippen LogP contribution in [0.2, 0.25) is 0 Å². The van der Waals surface area contributed by atoms with Gasteiger partial charge in [0.05, 0.1) is 5.75 Å². The molecule has 3 aromatic carbocycles. The topological polar surface area (TPSA) is 69.0 Å². The van der Waals surface area contributed by atoms with Gasteiger partial charge in [0.2, 0.25) is 5.91 Å². The van der Waals surface area contributed by atoms with Gasteiger partial charge in [0.1, 0.15) is 17.3 Å². The van der Waals surface area contributed by atoms with E-state index in [1.807, 2.05) is 97.3 Å². The average Bonchev–Trinajstić information content (AvgIpc) is 3.16. The number of rotatable bonds is 7. The number of thioether (sulfide) groups is 1. The van der Waals surface area contributed by atoms with Crippen LogP contribution in [0, 0.1) is 13.8 Å². The third-order valence-electron chi connectivity index (χ3n) is 4.54. The first-order valence-corrected chi connectivity index (χ1v) is 10.8. The normalized spacial score (nSPS) is 10.6. The fourth-order valence-corrected chi connectivity index (χ4v) is 3.78. The van der Waals surface area contributed by atoms with E-state index in [1.165, 1.54) is 17.3 Å². The fraction of sp³-hybridized carbons (Fsp3) is 0.125. The van der Waals surface area contributed by atoms with Gasteiger partial charge < -0.3 is 10.1 Å². The van der Waals surface area contributed by atoms with Crippen LogP contribution in [0.3, 0.4) is 0 Å². The SMILES string of the molecule is Cc1ccc(Oc2ccc(NC(=O)CSc3nnc(C)n3-c3ccccc3)cc2)cc1. The van der Waals surface area contributed by atoms with E-state index in [-0.39, 0.29) is 11.7 Å². The van der Waals surface area contributed by atoms with Gasteiger partial charge in [0.15, 0.2) is 5.16 Å². The number of para-hydroxylation sites is 1. The number of amides is 1. The minimum Gasteiger partial charge on any atom is -0.457 e. The predicted molar refractivity (Wildman–Crippen MR) is 123 cm³/mol. The van der Waals surface area contributed by atoms with Crippen molar-refractivity contribution >= 4 is 23.4 Å². The van der Waals surface area contributed by atoms with Crippen molar-refractivity contribution in [2.75, 3.05) is 11.1 Å². The van der Waals surface area contributed by atoms with Gasteiger partial charge in [0.25, 0.3) is 0 Å². The van der Waals surface area contributed by atoms with Crippen LogP contribution in [0.4, 0.5) is 5.69 Å². The maximum atomic E-state index is 12.4. The Hall–Kier alpha value is -3.58. The number of hydrogen-bond donors (Lipinski definition) is 1. The molecule has 0 bridgehead atoms. The molecule has 0 radical (unpaired) electrons. The van der Waals surface area contributed by atoms with Gasteiger partial charge in [0, 0.05) is 11.4 Å². The summed E-state index contributed by atoms with van der Waals surface area (Å²) >= 11 is 1.35. The highest BCUT2D eigenvalue weighted by Gasteiger charge is 2.13. The molecule has 1 N–H and O–H groups in total. The van der Waals surface area contributed by atoms with Crippen molar-refractivity contribution in [2.45, 2.75) is 19.0 Å². The Labute approximate surface area is 185 Å². The molecular weight excluding hydrogens is 408 g/mol. The van der Waals surface area contributed by atoms with Gasteiger partial charge in [-0.15, -0.1) is 10.2 Å². The molecule has 0 atom stereocenters. The molecule has 7 heteroatoms. The van der Waals surface area contributed by atoms with Crippen LogP contribution in [-0.2, 0) is 4.79 Å². The first-order chi connectivity index (χ1) is 15.1. The molecule has 0 spiro atoms. The molecule has 0 saturated carbocycles. The quantitative estimate of drug-likeness (QED) is 0.397. The van der Waals surface area contributed by atoms with Crippen molar-refractivity contribution < 1.29 is 9.53 Å². The first kappa shape index (κ1) is 20.7. The summed E-state index contributed by atoms with van der Waals surface area (Å²) in [6.07, 6.45) is 0. The summed E-state index contributed by atoms with van der Waals surface area (Å²) in [4.78, 5) is 12.4. The molecule has 156 valence electrons. The second kappa shape index (κ2) is 9.49. The number of aryl methyl sites for hydroxylation is 2. The van der Waals surface area contributed by atoms with Crippen LogP contribution in [0.1, 0.15) is 11.4 Å². The molecule has 1 amide bonds. The third kappa shape index (κ3) is 5.32. The van der Waals surface area contributed by atoms with E-state index in [0.29, 0.717) is 16.6 Å². The van der Waals surface area contributed by atoms with E-state index in [1.54, 1.807) is 0 Å². The maximum Gasteiger partial charge on any atom is 0.234 e. The van der Waals surface area contributed by atoms with Crippen molar-refractivity contribution in [1.29, 1.82) is 0 Å². The number of nitrogens with one attached hydrogen (secondary N) is 1. The Balaban J connectivity index is 1.34. The molecule has 0 aliphatic carbocycles. The summed E-state index contributed by atoms with van der Waals surface area (Å²) < 4.78 is 7.76. The Morgan fingerprint density at radius 2 is 1.55 bits per heavy atom. The van der Waals surface area contributed by atoms with E-state index in [0.717, 1.165) is 17.3 Å². The number of carbonyl (C=O) groups is 1. The van der Waals surface area contributed by atoms with Crippen molar-refractivity contribution in [3.63, 3.8) is 0 Å². The summed E-state index contributed by atoms with van der Waals surface area (Å²) in [5.74, 6) is 2.38. The number of benzene rings is 3. The van der Waals surface area contributed by atoms with Crippen LogP contribution in [-0.4, -0.2) is 26.4 Å². The fourth-order valence-electron chi connectivity index (χ4n) is 2.99. The smallest absolute Gasteiger partial charge is 0.234 e. The Kier molecular flexibility index (Phi) is 6.33. The summed E-state index contributed by atoms with van der Waals surface area (Å²) in [5, 5.41) is 11.9. The van der Waals surface area contributed by atoms with Crippen molar-refractivity contribution in [2.24, 2.45) is 0 Å². The summed E-state index contributed by atoms with van der Waals surface area (Å²) in [7, 11) is 0. The van der Waals surface area contributed by atoms with E-state index in [9.17, 15) is 4.79 Å². The summed E-state index contributed by atoms with van der Waals surface area (Å²) in [5.41, 5.74) is 2.86. The maximum absolute atomic E-state index is 12.4. The van der Waals surface area contributed by atoms with Gasteiger partial charge in [-0.1, -0.05) is 47.7 Å². The van der Waals surface area contributed by atoms with Gasteiger partial charge in [-0.25, -0.2) is 0 Å². The lowest BCUT2D eigenvalue weighted by Gasteiger charge is -2.09. The summed E-state index contributed by atoms with van der Waals surface area (Å²) in [6.45, 7) is 3.93. The lowest BCUT2D eigenvalue weighted by Crippen LogP contribution is -2.14. The number of carbonyl (C=O) groups excluding carboxylic acids is 1. The molecule has 0 unspecified atom stereocenters. The van der Waals surface area contributed by atoms with Crippen molar-refractivity contribution in [3.8, 4) is 17.2 Å². The Morgan fingerprint density at radius 1 is 0.903 bits per heavy atom. The molecule has 6 nitrogen and oxygen atoms in total. The number of ether oxygens (including phenoxy) is 1. The van der Waals surface area contributed by atoms with Crippen LogP contribution >= 0.6 is 11.8 Å². The second-order valence-corrected chi connectivity index (χ2v) is 7.92. The second-order valence-electron chi connectivity index (χ2n) is 6.98. The van der Waals surface area contributed by atoms with Crippen molar-refractivity contribution in [1.82, 2.24) is 14.8 Å². The zero-order chi connectivity index (χ0) is 21.6. The third-order valence-corrected chi connectivity index (χ3v) is 5.47. The summed E-state index contributed by atoms with van der Waals surface area (Å²) in [6, 6.07) is 25.0. The molecule has 0 aliphatic rings. The minimum absolute atomic E-state index is 0.113. The molecular formula is C24H22N4O2S.